The van der Waals surface area contributed by atoms with Crippen LogP contribution >= 0.6 is 0 Å². The molecule has 21 heavy (non-hydrogen) atoms. The summed E-state index contributed by atoms with van der Waals surface area (Å²) in [5.41, 5.74) is 10.2. The Bertz CT molecular complexity index is 603. The van der Waals surface area contributed by atoms with Crippen LogP contribution in [0, 0.1) is 6.92 Å². The van der Waals surface area contributed by atoms with Gasteiger partial charge in [-0.1, -0.05) is 19.4 Å². The van der Waals surface area contributed by atoms with Crippen molar-refractivity contribution in [2.75, 3.05) is 17.2 Å². The first kappa shape index (κ1) is 15.4. The first-order chi connectivity index (χ1) is 10.1. The molecule has 114 valence electrons. The van der Waals surface area contributed by atoms with Crippen LogP contribution in [0.4, 0.5) is 11.5 Å². The van der Waals surface area contributed by atoms with E-state index in [4.69, 9.17) is 5.73 Å². The Morgan fingerprint density at radius 1 is 1.29 bits per heavy atom. The number of anilines is 2. The van der Waals surface area contributed by atoms with Crippen molar-refractivity contribution in [1.29, 1.82) is 0 Å². The molecule has 0 bridgehead atoms. The van der Waals surface area contributed by atoms with Gasteiger partial charge in [0.2, 0.25) is 0 Å². The van der Waals surface area contributed by atoms with Gasteiger partial charge in [0.1, 0.15) is 0 Å². The molecule has 0 aliphatic rings. The molecular weight excluding hydrogens is 262 g/mol. The Morgan fingerprint density at radius 3 is 2.67 bits per heavy atom. The van der Waals surface area contributed by atoms with Gasteiger partial charge in [0.05, 0.1) is 23.6 Å². The van der Waals surface area contributed by atoms with Gasteiger partial charge >= 0.3 is 0 Å². The van der Waals surface area contributed by atoms with Crippen LogP contribution in [0.3, 0.4) is 0 Å². The highest BCUT2D eigenvalue weighted by Gasteiger charge is 2.18. The topological polar surface area (TPSA) is 60.0 Å². The minimum absolute atomic E-state index is 0.744. The lowest BCUT2D eigenvalue weighted by molar-refractivity contribution is 0.691. The normalized spacial score (nSPS) is 10.9. The Labute approximate surface area is 126 Å². The molecular formula is C16H25N5. The van der Waals surface area contributed by atoms with Crippen LogP contribution in [0.2, 0.25) is 0 Å². The van der Waals surface area contributed by atoms with Gasteiger partial charge in [-0.15, -0.1) is 0 Å². The predicted molar refractivity (Wildman–Crippen MR) is 87.3 cm³/mol. The SMILES string of the molecule is CCCc1nn(C)c(N(CC)Cc2cccc(C)n2)c1N. The van der Waals surface area contributed by atoms with Gasteiger partial charge in [-0.25, -0.2) is 0 Å². The van der Waals surface area contributed by atoms with E-state index >= 15 is 0 Å². The second-order valence-corrected chi connectivity index (χ2v) is 5.34. The van der Waals surface area contributed by atoms with E-state index < -0.39 is 0 Å². The standard InChI is InChI=1S/C16H25N5/c1-5-8-14-15(17)16(20(4)19-14)21(6-2)11-13-10-7-9-12(3)18-13/h7,9-10H,5-6,8,11,17H2,1-4H3. The van der Waals surface area contributed by atoms with Crippen LogP contribution in [0.25, 0.3) is 0 Å². The molecule has 0 aliphatic heterocycles. The number of aromatic nitrogens is 3. The second-order valence-electron chi connectivity index (χ2n) is 5.34. The summed E-state index contributed by atoms with van der Waals surface area (Å²) in [4.78, 5) is 6.80. The zero-order valence-electron chi connectivity index (χ0n) is 13.4. The highest BCUT2D eigenvalue weighted by molar-refractivity contribution is 5.66. The first-order valence-electron chi connectivity index (χ1n) is 7.55. The molecule has 5 heteroatoms. The van der Waals surface area contributed by atoms with Crippen LogP contribution in [0.1, 0.15) is 37.4 Å². The fourth-order valence-corrected chi connectivity index (χ4v) is 2.60. The van der Waals surface area contributed by atoms with Crippen molar-refractivity contribution in [3.8, 4) is 0 Å². The van der Waals surface area contributed by atoms with Crippen molar-refractivity contribution < 1.29 is 0 Å². The maximum atomic E-state index is 6.30. The highest BCUT2D eigenvalue weighted by atomic mass is 15.4. The van der Waals surface area contributed by atoms with Crippen molar-refractivity contribution >= 4 is 11.5 Å². The van der Waals surface area contributed by atoms with E-state index in [1.807, 2.05) is 30.8 Å². The Kier molecular flexibility index (Phi) is 4.83. The third kappa shape index (κ3) is 3.35. The van der Waals surface area contributed by atoms with Gasteiger partial charge < -0.3 is 10.6 Å². The Hall–Kier alpha value is -2.04. The number of hydrogen-bond donors (Lipinski definition) is 1. The van der Waals surface area contributed by atoms with Crippen molar-refractivity contribution in [2.24, 2.45) is 7.05 Å². The van der Waals surface area contributed by atoms with Gasteiger partial charge in [0.15, 0.2) is 5.82 Å². The molecule has 0 aromatic carbocycles. The maximum absolute atomic E-state index is 6.30. The van der Waals surface area contributed by atoms with Gasteiger partial charge in [-0.2, -0.15) is 5.10 Å². The molecule has 0 fully saturated rings. The Morgan fingerprint density at radius 2 is 2.05 bits per heavy atom. The molecule has 2 aromatic heterocycles. The van der Waals surface area contributed by atoms with Crippen molar-refractivity contribution in [1.82, 2.24) is 14.8 Å². The lowest BCUT2D eigenvalue weighted by atomic mass is 10.2. The third-order valence-electron chi connectivity index (χ3n) is 3.60. The quantitative estimate of drug-likeness (QED) is 0.887. The summed E-state index contributed by atoms with van der Waals surface area (Å²) < 4.78 is 1.89. The summed E-state index contributed by atoms with van der Waals surface area (Å²) >= 11 is 0. The first-order valence-corrected chi connectivity index (χ1v) is 7.55. The van der Waals surface area contributed by atoms with Crippen molar-refractivity contribution in [3.05, 3.63) is 35.3 Å². The molecule has 5 nitrogen and oxygen atoms in total. The summed E-state index contributed by atoms with van der Waals surface area (Å²) in [6, 6.07) is 6.10. The number of rotatable bonds is 6. The van der Waals surface area contributed by atoms with E-state index in [1.54, 1.807) is 0 Å². The molecule has 2 N–H and O–H groups in total. The van der Waals surface area contributed by atoms with E-state index in [9.17, 15) is 0 Å². The molecule has 0 atom stereocenters. The smallest absolute Gasteiger partial charge is 0.150 e. The van der Waals surface area contributed by atoms with E-state index in [0.29, 0.717) is 0 Å². The summed E-state index contributed by atoms with van der Waals surface area (Å²) in [6.45, 7) is 7.89. The minimum atomic E-state index is 0.744. The molecule has 0 unspecified atom stereocenters. The predicted octanol–water partition coefficient (Wildman–Crippen LogP) is 2.68. The number of nitrogens with two attached hydrogens (primary N) is 1. The van der Waals surface area contributed by atoms with Crippen LogP contribution in [-0.2, 0) is 20.0 Å². The molecule has 0 aliphatic carbocycles. The summed E-state index contributed by atoms with van der Waals surface area (Å²) in [5.74, 6) is 0.990. The minimum Gasteiger partial charge on any atom is -0.394 e. The zero-order valence-corrected chi connectivity index (χ0v) is 13.4. The van der Waals surface area contributed by atoms with Crippen molar-refractivity contribution in [3.63, 3.8) is 0 Å². The summed E-state index contributed by atoms with van der Waals surface area (Å²) in [5, 5.41) is 4.56. The lowest BCUT2D eigenvalue weighted by Gasteiger charge is -2.23. The molecule has 0 saturated heterocycles. The number of nitrogens with zero attached hydrogens (tertiary/aromatic N) is 4. The van der Waals surface area contributed by atoms with Crippen LogP contribution < -0.4 is 10.6 Å². The number of hydrogen-bond acceptors (Lipinski definition) is 4. The van der Waals surface area contributed by atoms with E-state index in [-0.39, 0.29) is 0 Å². The average Bonchev–Trinajstić information content (AvgIpc) is 2.72. The van der Waals surface area contributed by atoms with Gasteiger partial charge in [0.25, 0.3) is 0 Å². The molecule has 2 heterocycles. The van der Waals surface area contributed by atoms with E-state index in [1.165, 1.54) is 0 Å². The van der Waals surface area contributed by atoms with Gasteiger partial charge in [0, 0.05) is 19.3 Å². The largest absolute Gasteiger partial charge is 0.394 e. The van der Waals surface area contributed by atoms with Gasteiger partial charge in [-0.05, 0) is 32.4 Å². The zero-order chi connectivity index (χ0) is 15.4. The Balaban J connectivity index is 2.29. The maximum Gasteiger partial charge on any atom is 0.150 e. The fraction of sp³-hybridized carbons (Fsp3) is 0.500. The van der Waals surface area contributed by atoms with Gasteiger partial charge in [-0.3, -0.25) is 9.67 Å². The number of aryl methyl sites for hydroxylation is 3. The molecule has 0 spiro atoms. The van der Waals surface area contributed by atoms with E-state index in [0.717, 1.165) is 54.5 Å². The average molecular weight is 287 g/mol. The third-order valence-corrected chi connectivity index (χ3v) is 3.60. The lowest BCUT2D eigenvalue weighted by Crippen LogP contribution is -2.25. The van der Waals surface area contributed by atoms with Crippen LogP contribution in [0.15, 0.2) is 18.2 Å². The second kappa shape index (κ2) is 6.61. The highest BCUT2D eigenvalue weighted by Crippen LogP contribution is 2.28. The monoisotopic (exact) mass is 287 g/mol. The van der Waals surface area contributed by atoms with Crippen LogP contribution in [-0.4, -0.2) is 21.3 Å². The number of pyridine rings is 1. The summed E-state index contributed by atoms with van der Waals surface area (Å²) in [6.07, 6.45) is 1.96. The van der Waals surface area contributed by atoms with Crippen molar-refractivity contribution in [2.45, 2.75) is 40.2 Å². The molecule has 0 amide bonds. The fourth-order valence-electron chi connectivity index (χ4n) is 2.60. The molecule has 0 saturated carbocycles. The molecule has 2 aromatic rings. The summed E-state index contributed by atoms with van der Waals surface area (Å²) in [7, 11) is 1.96. The van der Waals surface area contributed by atoms with Crippen LogP contribution in [0.5, 0.6) is 0 Å². The molecule has 0 radical (unpaired) electrons. The molecule has 2 rings (SSSR count). The van der Waals surface area contributed by atoms with E-state index in [2.05, 4.69) is 34.9 Å². The number of nitrogen functional groups attached to an aromatic ring is 1.